The predicted molar refractivity (Wildman–Crippen MR) is 225 cm³/mol. The van der Waals surface area contributed by atoms with Crippen LogP contribution in [-0.2, 0) is 10.8 Å². The van der Waals surface area contributed by atoms with Gasteiger partial charge in [0.2, 0.25) is 0 Å². The fourth-order valence-corrected chi connectivity index (χ4v) is 8.28. The molecule has 0 aliphatic rings. The maximum Gasteiger partial charge on any atom is 0.160 e. The first-order valence-electron chi connectivity index (χ1n) is 18.2. The third-order valence-electron chi connectivity index (χ3n) is 10.1. The summed E-state index contributed by atoms with van der Waals surface area (Å²) in [7, 11) is 0. The largest absolute Gasteiger partial charge is 0.250 e. The normalized spacial score (nSPS) is 12.3. The van der Waals surface area contributed by atoms with Crippen LogP contribution in [-0.4, -0.2) is 19.9 Å². The molecule has 0 unspecified atom stereocenters. The summed E-state index contributed by atoms with van der Waals surface area (Å²) < 4.78 is 2.33. The van der Waals surface area contributed by atoms with Crippen LogP contribution >= 0.6 is 11.3 Å². The average Bonchev–Trinajstić information content (AvgIpc) is 3.55. The minimum absolute atomic E-state index is 0.0684. The van der Waals surface area contributed by atoms with Gasteiger partial charge in [-0.2, -0.15) is 0 Å². The van der Waals surface area contributed by atoms with Crippen molar-refractivity contribution in [1.29, 1.82) is 0 Å². The van der Waals surface area contributed by atoms with Gasteiger partial charge in [0.15, 0.2) is 5.82 Å². The van der Waals surface area contributed by atoms with Gasteiger partial charge in [0, 0.05) is 54.2 Å². The lowest BCUT2D eigenvalue weighted by Crippen LogP contribution is -2.15. The Morgan fingerprint density at radius 2 is 1.06 bits per heavy atom. The van der Waals surface area contributed by atoms with Crippen molar-refractivity contribution < 1.29 is 0 Å². The Kier molecular flexibility index (Phi) is 7.75. The zero-order valence-corrected chi connectivity index (χ0v) is 31.7. The number of thiophene rings is 1. The highest BCUT2D eigenvalue weighted by atomic mass is 32.1. The topological polar surface area (TPSA) is 51.6 Å². The van der Waals surface area contributed by atoms with Crippen LogP contribution in [0.25, 0.3) is 87.0 Å². The molecule has 0 saturated heterocycles. The van der Waals surface area contributed by atoms with E-state index in [1.807, 2.05) is 6.07 Å². The van der Waals surface area contributed by atoms with Crippen molar-refractivity contribution in [1.82, 2.24) is 19.9 Å². The van der Waals surface area contributed by atoms with E-state index in [1.54, 1.807) is 11.3 Å². The number of nitrogens with zero attached hydrogens (tertiary/aromatic N) is 4. The van der Waals surface area contributed by atoms with E-state index in [0.717, 1.165) is 93.7 Å². The van der Waals surface area contributed by atoms with Crippen molar-refractivity contribution in [3.05, 3.63) is 145 Å². The molecule has 0 amide bonds. The quantitative estimate of drug-likeness (QED) is 0.171. The monoisotopic (exact) mass is 704 g/mol. The Labute approximate surface area is 314 Å². The van der Waals surface area contributed by atoms with Crippen molar-refractivity contribution in [2.75, 3.05) is 0 Å². The van der Waals surface area contributed by atoms with Crippen LogP contribution < -0.4 is 0 Å². The molecular formula is C48H40N4S. The lowest BCUT2D eigenvalue weighted by molar-refractivity contribution is 0.570. The van der Waals surface area contributed by atoms with Crippen molar-refractivity contribution in [2.45, 2.75) is 52.4 Å². The first-order chi connectivity index (χ1) is 25.5. The van der Waals surface area contributed by atoms with E-state index in [9.17, 15) is 0 Å². The number of pyridine rings is 2. The summed E-state index contributed by atoms with van der Waals surface area (Å²) in [6, 6.07) is 47.5. The zero-order valence-electron chi connectivity index (χ0n) is 30.9. The SMILES string of the molecule is CC(C)(C)c1ccc2ccc3c(-c4cccc(-c5cccc(-c6nc(-c7ccccc7)c7sc8ccccc8c7n6)c5)c4)cc(C(C)(C)C)nc3c2n1. The van der Waals surface area contributed by atoms with Crippen LogP contribution in [0.15, 0.2) is 133 Å². The third kappa shape index (κ3) is 5.95. The average molecular weight is 705 g/mol. The Balaban J connectivity index is 1.19. The molecule has 0 aliphatic carbocycles. The highest BCUT2D eigenvalue weighted by Gasteiger charge is 2.22. The molecule has 0 radical (unpaired) electrons. The summed E-state index contributed by atoms with van der Waals surface area (Å²) in [6.07, 6.45) is 0. The number of fused-ring (bicyclic) bond motifs is 6. The van der Waals surface area contributed by atoms with Gasteiger partial charge in [-0.3, -0.25) is 0 Å². The molecule has 9 aromatic rings. The molecule has 258 valence electrons. The summed E-state index contributed by atoms with van der Waals surface area (Å²) in [4.78, 5) is 21.0. The van der Waals surface area contributed by atoms with Crippen molar-refractivity contribution >= 4 is 53.4 Å². The van der Waals surface area contributed by atoms with Gasteiger partial charge in [-0.05, 0) is 52.6 Å². The Morgan fingerprint density at radius 1 is 0.434 bits per heavy atom. The summed E-state index contributed by atoms with van der Waals surface area (Å²) in [5.74, 6) is 0.724. The van der Waals surface area contributed by atoms with Crippen LogP contribution in [0.5, 0.6) is 0 Å². The maximum atomic E-state index is 5.30. The molecule has 4 heterocycles. The molecule has 4 aromatic heterocycles. The zero-order chi connectivity index (χ0) is 36.5. The Bertz CT molecular complexity index is 2860. The van der Waals surface area contributed by atoms with E-state index in [4.69, 9.17) is 19.9 Å². The predicted octanol–water partition coefficient (Wildman–Crippen LogP) is 13.2. The van der Waals surface area contributed by atoms with Gasteiger partial charge < -0.3 is 0 Å². The van der Waals surface area contributed by atoms with Gasteiger partial charge in [-0.25, -0.2) is 19.9 Å². The molecule has 0 aliphatic heterocycles. The second-order valence-corrected chi connectivity index (χ2v) is 17.0. The van der Waals surface area contributed by atoms with Gasteiger partial charge in [0.25, 0.3) is 0 Å². The second-order valence-electron chi connectivity index (χ2n) is 16.0. The number of benzene rings is 5. The third-order valence-corrected chi connectivity index (χ3v) is 11.2. The number of aromatic nitrogens is 4. The fraction of sp³-hybridized carbons (Fsp3) is 0.167. The molecule has 0 fully saturated rings. The number of hydrogen-bond acceptors (Lipinski definition) is 5. The smallest absolute Gasteiger partial charge is 0.160 e. The van der Waals surface area contributed by atoms with Crippen molar-refractivity contribution in [3.8, 4) is 44.9 Å². The van der Waals surface area contributed by atoms with Crippen molar-refractivity contribution in [3.63, 3.8) is 0 Å². The van der Waals surface area contributed by atoms with Crippen LogP contribution in [0.3, 0.4) is 0 Å². The molecule has 5 aromatic carbocycles. The number of rotatable bonds is 4. The molecule has 0 spiro atoms. The summed E-state index contributed by atoms with van der Waals surface area (Å²) in [5, 5.41) is 3.37. The molecule has 0 saturated carbocycles. The highest BCUT2D eigenvalue weighted by Crippen LogP contribution is 2.41. The molecule has 0 N–H and O–H groups in total. The van der Waals surface area contributed by atoms with E-state index < -0.39 is 0 Å². The molecule has 9 rings (SSSR count). The minimum Gasteiger partial charge on any atom is -0.250 e. The summed E-state index contributed by atoms with van der Waals surface area (Å²) in [6.45, 7) is 13.3. The Hall–Kier alpha value is -5.78. The van der Waals surface area contributed by atoms with Crippen LogP contribution in [0.1, 0.15) is 52.9 Å². The van der Waals surface area contributed by atoms with Gasteiger partial charge >= 0.3 is 0 Å². The maximum absolute atomic E-state index is 5.30. The molecule has 5 heteroatoms. The van der Waals surface area contributed by atoms with Crippen LogP contribution in [0.4, 0.5) is 0 Å². The molecule has 53 heavy (non-hydrogen) atoms. The lowest BCUT2D eigenvalue weighted by atomic mass is 9.87. The second kappa shape index (κ2) is 12.4. The fourth-order valence-electron chi connectivity index (χ4n) is 7.13. The molecule has 0 atom stereocenters. The van der Waals surface area contributed by atoms with E-state index >= 15 is 0 Å². The van der Waals surface area contributed by atoms with E-state index in [2.05, 4.69) is 169 Å². The van der Waals surface area contributed by atoms with Crippen molar-refractivity contribution in [2.24, 2.45) is 0 Å². The minimum atomic E-state index is -0.147. The standard InChI is InChI=1S/C48H40N4S/c1-47(2,3)39-25-23-30-22-24-35-37(28-40(48(4,5)6)50-43(35)41(30)49-39)33-18-12-16-31(26-33)32-17-13-19-34(27-32)46-51-42(29-14-8-7-9-15-29)45-44(52-46)36-20-10-11-21-38(36)53-45/h7-28H,1-6H3. The molecular weight excluding hydrogens is 665 g/mol. The van der Waals surface area contributed by atoms with Gasteiger partial charge in [0.1, 0.15) is 0 Å². The highest BCUT2D eigenvalue weighted by molar-refractivity contribution is 7.26. The summed E-state index contributed by atoms with van der Waals surface area (Å²) >= 11 is 1.76. The van der Waals surface area contributed by atoms with Crippen LogP contribution in [0.2, 0.25) is 0 Å². The Morgan fingerprint density at radius 3 is 1.81 bits per heavy atom. The molecule has 4 nitrogen and oxygen atoms in total. The van der Waals surface area contributed by atoms with E-state index in [0.29, 0.717) is 0 Å². The molecule has 0 bridgehead atoms. The summed E-state index contributed by atoms with van der Waals surface area (Å²) in [5.41, 5.74) is 12.4. The first-order valence-corrected chi connectivity index (χ1v) is 19.0. The van der Waals surface area contributed by atoms with Gasteiger partial charge in [0.05, 0.1) is 26.9 Å². The van der Waals surface area contributed by atoms with Crippen LogP contribution in [0, 0.1) is 0 Å². The lowest BCUT2D eigenvalue weighted by Gasteiger charge is -2.22. The van der Waals surface area contributed by atoms with Gasteiger partial charge in [-0.15, -0.1) is 11.3 Å². The van der Waals surface area contributed by atoms with E-state index in [-0.39, 0.29) is 10.8 Å². The van der Waals surface area contributed by atoms with Gasteiger partial charge in [-0.1, -0.05) is 145 Å². The number of hydrogen-bond donors (Lipinski definition) is 0. The van der Waals surface area contributed by atoms with E-state index in [1.165, 1.54) is 4.70 Å². The first kappa shape index (κ1) is 33.1.